The number of nitrogens with one attached hydrogen (secondary N) is 1. The highest BCUT2D eigenvalue weighted by molar-refractivity contribution is 6.07. The fraction of sp³-hybridized carbons (Fsp3) is 0.324. The summed E-state index contributed by atoms with van der Waals surface area (Å²) in [6.07, 6.45) is 3.11. The fourth-order valence-corrected chi connectivity index (χ4v) is 5.91. The Labute approximate surface area is 266 Å². The Balaban J connectivity index is 1.35. The molecule has 0 aliphatic carbocycles. The normalized spacial score (nSPS) is 18.6. The molecule has 2 aliphatic heterocycles. The molecule has 3 aromatic carbocycles. The molecule has 12 heteroatoms. The van der Waals surface area contributed by atoms with Crippen LogP contribution in [0.2, 0.25) is 0 Å². The number of fused-ring (bicyclic) bond motifs is 1. The topological polar surface area (TPSA) is 157 Å². The number of aliphatic hydroxyl groups is 2. The monoisotopic (exact) mass is 627 g/mol. The van der Waals surface area contributed by atoms with Gasteiger partial charge < -0.3 is 30.2 Å². The van der Waals surface area contributed by atoms with Gasteiger partial charge in [0.1, 0.15) is 0 Å². The Morgan fingerprint density at radius 3 is 2.52 bits per heavy atom. The van der Waals surface area contributed by atoms with Gasteiger partial charge in [-0.15, -0.1) is 0 Å². The number of nitro groups is 1. The average Bonchev–Trinajstić information content (AvgIpc) is 3.27. The molecular weight excluding hydrogens is 590 g/mol. The largest absolute Gasteiger partial charge is 0.395 e. The summed E-state index contributed by atoms with van der Waals surface area (Å²) in [6, 6.07) is 20.6. The molecule has 1 saturated heterocycles. The van der Waals surface area contributed by atoms with E-state index >= 15 is 0 Å². The van der Waals surface area contributed by atoms with Crippen LogP contribution in [0.4, 0.5) is 17.1 Å². The summed E-state index contributed by atoms with van der Waals surface area (Å²) in [4.78, 5) is 55.0. The second-order valence-electron chi connectivity index (χ2n) is 11.5. The van der Waals surface area contributed by atoms with E-state index in [2.05, 4.69) is 5.32 Å². The lowest BCUT2D eigenvalue weighted by Crippen LogP contribution is -2.48. The third kappa shape index (κ3) is 6.69. The summed E-state index contributed by atoms with van der Waals surface area (Å²) in [7, 11) is 0. The molecule has 46 heavy (non-hydrogen) atoms. The summed E-state index contributed by atoms with van der Waals surface area (Å²) < 4.78 is 0. The molecule has 0 radical (unpaired) electrons. The zero-order valence-corrected chi connectivity index (χ0v) is 25.5. The first-order chi connectivity index (χ1) is 22.1. The predicted molar refractivity (Wildman–Crippen MR) is 172 cm³/mol. The number of hydrogen-bond donors (Lipinski definition) is 3. The number of benzene rings is 3. The minimum atomic E-state index is -2.12. The maximum absolute atomic E-state index is 14.0. The van der Waals surface area contributed by atoms with E-state index in [0.29, 0.717) is 25.3 Å². The van der Waals surface area contributed by atoms with E-state index in [4.69, 9.17) is 0 Å². The van der Waals surface area contributed by atoms with Gasteiger partial charge in [-0.05, 0) is 29.3 Å². The molecule has 3 amide bonds. The standard InChI is InChI=1S/C34H37N5O7/c1-24(6-5-9-31(41)36(18-19-40)22-25-7-3-2-4-8-25)34(44)29-20-28(39(45)46)14-15-30(29)38(33(34)43)23-26-10-12-27(13-11-26)37-17-16-35-21-32(37)42/h2-8,10-15,20,24,35,40,44H,9,16-19,21-23H2,1H3/b6-5+/t24-,34+/m0/s1. The number of carbonyl (C=O) groups is 3. The molecule has 240 valence electrons. The number of rotatable bonds is 12. The number of hydrogen-bond acceptors (Lipinski definition) is 8. The van der Waals surface area contributed by atoms with Crippen LogP contribution in [0, 0.1) is 16.0 Å². The average molecular weight is 628 g/mol. The lowest BCUT2D eigenvalue weighted by Gasteiger charge is -2.28. The van der Waals surface area contributed by atoms with Gasteiger partial charge in [0, 0.05) is 61.9 Å². The highest BCUT2D eigenvalue weighted by Gasteiger charge is 2.53. The molecule has 1 fully saturated rings. The number of aliphatic hydroxyl groups excluding tert-OH is 1. The van der Waals surface area contributed by atoms with Crippen LogP contribution in [0.15, 0.2) is 84.9 Å². The highest BCUT2D eigenvalue weighted by Crippen LogP contribution is 2.47. The quantitative estimate of drug-likeness (QED) is 0.157. The first-order valence-electron chi connectivity index (χ1n) is 15.2. The summed E-state index contributed by atoms with van der Waals surface area (Å²) in [5.74, 6) is -1.76. The van der Waals surface area contributed by atoms with Gasteiger partial charge in [-0.1, -0.05) is 61.5 Å². The van der Waals surface area contributed by atoms with Crippen LogP contribution in [-0.2, 0) is 33.1 Å². The number of carbonyl (C=O) groups excluding carboxylic acids is 3. The van der Waals surface area contributed by atoms with Crippen molar-refractivity contribution in [2.24, 2.45) is 5.92 Å². The van der Waals surface area contributed by atoms with Crippen molar-refractivity contribution in [2.45, 2.75) is 32.0 Å². The molecule has 0 bridgehead atoms. The molecule has 5 rings (SSSR count). The van der Waals surface area contributed by atoms with Crippen LogP contribution in [-0.4, -0.2) is 70.5 Å². The van der Waals surface area contributed by atoms with Crippen molar-refractivity contribution in [3.8, 4) is 0 Å². The van der Waals surface area contributed by atoms with E-state index in [1.807, 2.05) is 54.6 Å². The lowest BCUT2D eigenvalue weighted by atomic mass is 9.82. The van der Waals surface area contributed by atoms with Gasteiger partial charge in [0.25, 0.3) is 11.6 Å². The van der Waals surface area contributed by atoms with E-state index in [1.54, 1.807) is 24.0 Å². The maximum atomic E-state index is 14.0. The van der Waals surface area contributed by atoms with E-state index in [-0.39, 0.29) is 55.7 Å². The van der Waals surface area contributed by atoms with Crippen LogP contribution in [0.5, 0.6) is 0 Å². The molecule has 2 aliphatic rings. The molecule has 12 nitrogen and oxygen atoms in total. The minimum Gasteiger partial charge on any atom is -0.395 e. The van der Waals surface area contributed by atoms with Gasteiger partial charge in [0.15, 0.2) is 5.60 Å². The fourth-order valence-electron chi connectivity index (χ4n) is 5.91. The van der Waals surface area contributed by atoms with Crippen molar-refractivity contribution in [3.63, 3.8) is 0 Å². The number of non-ortho nitro benzene ring substituents is 1. The van der Waals surface area contributed by atoms with Gasteiger partial charge in [0.2, 0.25) is 11.8 Å². The first-order valence-corrected chi connectivity index (χ1v) is 15.2. The molecule has 0 saturated carbocycles. The third-order valence-electron chi connectivity index (χ3n) is 8.46. The minimum absolute atomic E-state index is 0.0321. The van der Waals surface area contributed by atoms with Crippen molar-refractivity contribution < 1.29 is 29.5 Å². The van der Waals surface area contributed by atoms with E-state index in [9.17, 15) is 34.7 Å². The van der Waals surface area contributed by atoms with E-state index < -0.39 is 22.3 Å². The molecule has 2 atom stereocenters. The highest BCUT2D eigenvalue weighted by atomic mass is 16.6. The van der Waals surface area contributed by atoms with Crippen molar-refractivity contribution in [1.29, 1.82) is 0 Å². The predicted octanol–water partition coefficient (Wildman–Crippen LogP) is 2.87. The van der Waals surface area contributed by atoms with Crippen molar-refractivity contribution in [3.05, 3.63) is 112 Å². The van der Waals surface area contributed by atoms with Crippen molar-refractivity contribution in [1.82, 2.24) is 10.2 Å². The Morgan fingerprint density at radius 2 is 1.85 bits per heavy atom. The summed E-state index contributed by atoms with van der Waals surface area (Å²) in [5, 5.41) is 36.2. The second-order valence-corrected chi connectivity index (χ2v) is 11.5. The number of piperazine rings is 1. The summed E-state index contributed by atoms with van der Waals surface area (Å²) in [6.45, 7) is 3.49. The smallest absolute Gasteiger partial charge is 0.269 e. The first kappa shape index (κ1) is 32.5. The Kier molecular flexibility index (Phi) is 9.90. The van der Waals surface area contributed by atoms with Crippen LogP contribution in [0.25, 0.3) is 0 Å². The molecule has 3 aromatic rings. The molecular formula is C34H37N5O7. The lowest BCUT2D eigenvalue weighted by molar-refractivity contribution is -0.385. The molecule has 0 aromatic heterocycles. The number of amides is 3. The van der Waals surface area contributed by atoms with Gasteiger partial charge in [-0.2, -0.15) is 0 Å². The zero-order valence-electron chi connectivity index (χ0n) is 25.5. The van der Waals surface area contributed by atoms with E-state index in [0.717, 1.165) is 16.8 Å². The van der Waals surface area contributed by atoms with Crippen LogP contribution < -0.4 is 15.1 Å². The Hall–Kier alpha value is -4.91. The van der Waals surface area contributed by atoms with Gasteiger partial charge in [-0.25, -0.2) is 0 Å². The molecule has 2 heterocycles. The van der Waals surface area contributed by atoms with E-state index in [1.165, 1.54) is 28.0 Å². The number of nitrogens with zero attached hydrogens (tertiary/aromatic N) is 4. The maximum Gasteiger partial charge on any atom is 0.269 e. The van der Waals surface area contributed by atoms with Crippen LogP contribution in [0.3, 0.4) is 0 Å². The van der Waals surface area contributed by atoms with Gasteiger partial charge >= 0.3 is 0 Å². The summed E-state index contributed by atoms with van der Waals surface area (Å²) in [5.41, 5.74) is 0.483. The van der Waals surface area contributed by atoms with Crippen molar-refractivity contribution in [2.75, 3.05) is 42.6 Å². The number of anilines is 2. The SMILES string of the molecule is C[C@@H](/C=C/CC(=O)N(CCO)Cc1ccccc1)[C@]1(O)C(=O)N(Cc2ccc(N3CCNCC3=O)cc2)c2ccc([N+](=O)[O-])cc21. The van der Waals surface area contributed by atoms with Gasteiger partial charge in [0.05, 0.1) is 30.3 Å². The Bertz CT molecular complexity index is 1630. The summed E-state index contributed by atoms with van der Waals surface area (Å²) >= 11 is 0. The third-order valence-corrected chi connectivity index (χ3v) is 8.46. The molecule has 0 spiro atoms. The van der Waals surface area contributed by atoms with Crippen LogP contribution in [0.1, 0.15) is 30.0 Å². The second kappa shape index (κ2) is 14.0. The zero-order chi connectivity index (χ0) is 32.8. The molecule has 0 unspecified atom stereocenters. The Morgan fingerprint density at radius 1 is 1.11 bits per heavy atom. The number of nitro benzene ring substituents is 1. The van der Waals surface area contributed by atoms with Crippen LogP contribution >= 0.6 is 0 Å². The molecule has 3 N–H and O–H groups in total. The van der Waals surface area contributed by atoms with Gasteiger partial charge in [-0.3, -0.25) is 24.5 Å². The van der Waals surface area contributed by atoms with Crippen molar-refractivity contribution >= 4 is 34.8 Å².